The lowest BCUT2D eigenvalue weighted by Gasteiger charge is -2.15. The number of pyridine rings is 1. The number of nitrogens with one attached hydrogen (secondary N) is 2. The Morgan fingerprint density at radius 3 is 2.48 bits per heavy atom. The van der Waals surface area contributed by atoms with Gasteiger partial charge in [-0.2, -0.15) is 0 Å². The number of rotatable bonds is 7. The lowest BCUT2D eigenvalue weighted by atomic mass is 10.0. The van der Waals surface area contributed by atoms with Crippen LogP contribution in [0.4, 0.5) is 26.2 Å². The van der Waals surface area contributed by atoms with E-state index in [1.54, 1.807) is 6.20 Å². The average Bonchev–Trinajstić information content (AvgIpc) is 3.32. The van der Waals surface area contributed by atoms with Gasteiger partial charge >= 0.3 is 0 Å². The third-order valence-electron chi connectivity index (χ3n) is 5.74. The van der Waals surface area contributed by atoms with Crippen LogP contribution in [0.3, 0.4) is 0 Å². The minimum atomic E-state index is -0.667. The van der Waals surface area contributed by atoms with Crippen molar-refractivity contribution in [2.45, 2.75) is 12.8 Å². The summed E-state index contributed by atoms with van der Waals surface area (Å²) in [5, 5.41) is 7.12. The molecule has 0 atom stereocenters. The summed E-state index contributed by atoms with van der Waals surface area (Å²) in [6.45, 7) is 4.25. The van der Waals surface area contributed by atoms with Crippen LogP contribution < -0.4 is 10.6 Å². The molecule has 0 bridgehead atoms. The maximum atomic E-state index is 13.5. The second-order valence-electron chi connectivity index (χ2n) is 8.13. The number of nitrogens with zero attached hydrogens (tertiary/aromatic N) is 4. The Balaban J connectivity index is 1.35. The Hall–Kier alpha value is -3.65. The first-order valence-corrected chi connectivity index (χ1v) is 11.1. The fourth-order valence-corrected chi connectivity index (χ4v) is 4.11. The van der Waals surface area contributed by atoms with Crippen LogP contribution >= 0.6 is 0 Å². The summed E-state index contributed by atoms with van der Waals surface area (Å²) in [5.41, 5.74) is 2.80. The minimum Gasteiger partial charge on any atom is -0.369 e. The molecule has 0 saturated carbocycles. The second kappa shape index (κ2) is 9.46. The van der Waals surface area contributed by atoms with E-state index >= 15 is 0 Å². The summed E-state index contributed by atoms with van der Waals surface area (Å²) in [4.78, 5) is 15.9. The fraction of sp³-hybridized carbons (Fsp3) is 0.240. The van der Waals surface area contributed by atoms with Gasteiger partial charge in [0.2, 0.25) is 5.95 Å². The molecule has 0 radical (unpaired) electrons. The molecule has 4 aromatic rings. The number of anilines is 3. The molecule has 5 rings (SSSR count). The number of hydrogen-bond donors (Lipinski definition) is 2. The highest BCUT2D eigenvalue weighted by molar-refractivity contribution is 5.93. The van der Waals surface area contributed by atoms with Crippen molar-refractivity contribution < 1.29 is 8.78 Å². The molecular weight excluding hydrogens is 422 g/mol. The summed E-state index contributed by atoms with van der Waals surface area (Å²) >= 11 is 0. The Bertz CT molecular complexity index is 1240. The quantitative estimate of drug-likeness (QED) is 0.406. The van der Waals surface area contributed by atoms with Crippen LogP contribution in [-0.4, -0.2) is 46.0 Å². The van der Waals surface area contributed by atoms with Crippen molar-refractivity contribution in [2.24, 2.45) is 0 Å². The first-order valence-electron chi connectivity index (χ1n) is 11.1. The predicted octanol–water partition coefficient (Wildman–Crippen LogP) is 5.22. The Labute approximate surface area is 190 Å². The molecule has 2 aromatic heterocycles. The summed E-state index contributed by atoms with van der Waals surface area (Å²) in [7, 11) is 0. The normalized spacial score (nSPS) is 14.0. The zero-order valence-corrected chi connectivity index (χ0v) is 18.1. The van der Waals surface area contributed by atoms with Crippen molar-refractivity contribution in [3.8, 4) is 11.1 Å². The fourth-order valence-electron chi connectivity index (χ4n) is 4.11. The van der Waals surface area contributed by atoms with Crippen LogP contribution in [0.25, 0.3) is 22.0 Å². The number of fused-ring (bicyclic) bond motifs is 1. The number of benzene rings is 2. The van der Waals surface area contributed by atoms with Gasteiger partial charge in [0, 0.05) is 53.8 Å². The van der Waals surface area contributed by atoms with Crippen LogP contribution in [-0.2, 0) is 0 Å². The van der Waals surface area contributed by atoms with Gasteiger partial charge in [-0.3, -0.25) is 0 Å². The second-order valence-corrected chi connectivity index (χ2v) is 8.13. The lowest BCUT2D eigenvalue weighted by molar-refractivity contribution is 0.352. The van der Waals surface area contributed by atoms with E-state index in [2.05, 4.69) is 30.5 Å². The molecule has 8 heteroatoms. The third-order valence-corrected chi connectivity index (χ3v) is 5.74. The lowest BCUT2D eigenvalue weighted by Crippen LogP contribution is -2.26. The Morgan fingerprint density at radius 1 is 0.909 bits per heavy atom. The number of likely N-dealkylation sites (tertiary alicyclic amines) is 1. The molecule has 33 heavy (non-hydrogen) atoms. The third kappa shape index (κ3) is 5.06. The van der Waals surface area contributed by atoms with E-state index in [0.29, 0.717) is 0 Å². The van der Waals surface area contributed by atoms with Crippen molar-refractivity contribution in [1.29, 1.82) is 0 Å². The van der Waals surface area contributed by atoms with Gasteiger partial charge in [0.15, 0.2) is 0 Å². The summed E-state index contributed by atoms with van der Waals surface area (Å²) in [6, 6.07) is 13.0. The van der Waals surface area contributed by atoms with Crippen molar-refractivity contribution in [2.75, 3.05) is 36.8 Å². The highest BCUT2D eigenvalue weighted by Gasteiger charge is 2.11. The van der Waals surface area contributed by atoms with Crippen LogP contribution in [0.1, 0.15) is 12.8 Å². The van der Waals surface area contributed by atoms with E-state index in [1.165, 1.54) is 38.1 Å². The largest absolute Gasteiger partial charge is 0.369 e. The van der Waals surface area contributed by atoms with Gasteiger partial charge in [-0.25, -0.2) is 23.7 Å². The topological polar surface area (TPSA) is 66.0 Å². The average molecular weight is 447 g/mol. The smallest absolute Gasteiger partial charge is 0.227 e. The molecule has 2 N–H and O–H groups in total. The van der Waals surface area contributed by atoms with Crippen LogP contribution in [0, 0.1) is 11.6 Å². The molecule has 3 heterocycles. The van der Waals surface area contributed by atoms with Gasteiger partial charge in [0.1, 0.15) is 17.5 Å². The van der Waals surface area contributed by atoms with Gasteiger partial charge in [-0.05, 0) is 50.2 Å². The molecule has 1 fully saturated rings. The van der Waals surface area contributed by atoms with Crippen molar-refractivity contribution in [3.05, 3.63) is 72.6 Å². The first kappa shape index (κ1) is 21.2. The van der Waals surface area contributed by atoms with E-state index < -0.39 is 11.6 Å². The maximum absolute atomic E-state index is 13.5. The monoisotopic (exact) mass is 446 g/mol. The van der Waals surface area contributed by atoms with Crippen LogP contribution in [0.5, 0.6) is 0 Å². The SMILES string of the molecule is Fc1cc(F)cc(Nc2ncc3cccc(-c4ccc(NCCN5CCCC5)nc4)c3n2)c1. The molecule has 0 spiro atoms. The van der Waals surface area contributed by atoms with E-state index in [9.17, 15) is 8.78 Å². The van der Waals surface area contributed by atoms with Gasteiger partial charge < -0.3 is 15.5 Å². The van der Waals surface area contributed by atoms with E-state index in [-0.39, 0.29) is 11.6 Å². The highest BCUT2D eigenvalue weighted by Crippen LogP contribution is 2.28. The molecular formula is C25H24F2N6. The highest BCUT2D eigenvalue weighted by atomic mass is 19.1. The Kier molecular flexibility index (Phi) is 6.08. The van der Waals surface area contributed by atoms with Gasteiger partial charge in [-0.1, -0.05) is 18.2 Å². The van der Waals surface area contributed by atoms with E-state index in [0.717, 1.165) is 47.0 Å². The van der Waals surface area contributed by atoms with Gasteiger partial charge in [0.25, 0.3) is 0 Å². The Morgan fingerprint density at radius 2 is 1.73 bits per heavy atom. The number of halogens is 2. The number of aromatic nitrogens is 3. The van der Waals surface area contributed by atoms with Crippen LogP contribution in [0.15, 0.2) is 60.9 Å². The molecule has 6 nitrogen and oxygen atoms in total. The van der Waals surface area contributed by atoms with Crippen molar-refractivity contribution >= 4 is 28.4 Å². The maximum Gasteiger partial charge on any atom is 0.227 e. The summed E-state index contributed by atoms with van der Waals surface area (Å²) in [5.74, 6) is -0.241. The molecule has 2 aromatic carbocycles. The van der Waals surface area contributed by atoms with E-state index in [1.807, 2.05) is 36.5 Å². The number of hydrogen-bond acceptors (Lipinski definition) is 6. The van der Waals surface area contributed by atoms with Gasteiger partial charge in [-0.15, -0.1) is 0 Å². The number of para-hydroxylation sites is 1. The molecule has 0 amide bonds. The predicted molar refractivity (Wildman–Crippen MR) is 127 cm³/mol. The van der Waals surface area contributed by atoms with Gasteiger partial charge in [0.05, 0.1) is 5.52 Å². The molecule has 168 valence electrons. The van der Waals surface area contributed by atoms with E-state index in [4.69, 9.17) is 0 Å². The molecule has 1 aliphatic heterocycles. The van der Waals surface area contributed by atoms with Crippen LogP contribution in [0.2, 0.25) is 0 Å². The molecule has 0 aliphatic carbocycles. The molecule has 0 unspecified atom stereocenters. The summed E-state index contributed by atoms with van der Waals surface area (Å²) < 4.78 is 27.0. The van der Waals surface area contributed by atoms with Crippen molar-refractivity contribution in [3.63, 3.8) is 0 Å². The van der Waals surface area contributed by atoms with Crippen molar-refractivity contribution in [1.82, 2.24) is 19.9 Å². The zero-order valence-electron chi connectivity index (χ0n) is 18.1. The summed E-state index contributed by atoms with van der Waals surface area (Å²) in [6.07, 6.45) is 6.09. The molecule has 1 saturated heterocycles. The zero-order chi connectivity index (χ0) is 22.6. The standard InChI is InChI=1S/C25H24F2N6/c26-19-12-20(27)14-21(13-19)31-25-30-16-18-4-3-5-22(24(18)32-25)17-6-7-23(29-15-17)28-8-11-33-9-1-2-10-33/h3-7,12-16H,1-2,8-11H2,(H,28,29)(H,30,31,32). The first-order chi connectivity index (χ1) is 16.1. The minimum absolute atomic E-state index is 0.246. The molecule has 1 aliphatic rings.